The van der Waals surface area contributed by atoms with E-state index in [-0.39, 0.29) is 23.8 Å². The van der Waals surface area contributed by atoms with Crippen LogP contribution in [0.4, 0.5) is 5.69 Å². The number of ether oxygens (including phenoxy) is 2. The second kappa shape index (κ2) is 8.68. The van der Waals surface area contributed by atoms with Crippen LogP contribution in [0.2, 0.25) is 0 Å². The quantitative estimate of drug-likeness (QED) is 0.777. The van der Waals surface area contributed by atoms with Gasteiger partial charge in [-0.15, -0.1) is 0 Å². The highest BCUT2D eigenvalue weighted by Gasteiger charge is 2.10. The number of carbonyl (C=O) groups is 2. The number of hydrogen-bond donors (Lipinski definition) is 1. The molecule has 0 saturated heterocycles. The highest BCUT2D eigenvalue weighted by atomic mass is 16.5. The maximum absolute atomic E-state index is 12.1. The molecule has 0 spiro atoms. The molecule has 132 valence electrons. The molecule has 0 saturated carbocycles. The number of nitrogens with one attached hydrogen (secondary N) is 1. The van der Waals surface area contributed by atoms with Crippen molar-refractivity contribution in [3.63, 3.8) is 0 Å². The van der Waals surface area contributed by atoms with Gasteiger partial charge in [0.1, 0.15) is 6.54 Å². The van der Waals surface area contributed by atoms with Crippen LogP contribution in [-0.2, 0) is 16.1 Å². The van der Waals surface area contributed by atoms with Gasteiger partial charge in [-0.25, -0.2) is 4.79 Å². The Kier molecular flexibility index (Phi) is 6.33. The van der Waals surface area contributed by atoms with Crippen LogP contribution in [0.25, 0.3) is 0 Å². The lowest BCUT2D eigenvalue weighted by Crippen LogP contribution is -2.28. The molecule has 0 bridgehead atoms. The van der Waals surface area contributed by atoms with Gasteiger partial charge < -0.3 is 19.4 Å². The van der Waals surface area contributed by atoms with Gasteiger partial charge in [-0.1, -0.05) is 0 Å². The molecule has 7 heteroatoms. The summed E-state index contributed by atoms with van der Waals surface area (Å²) in [5, 5.41) is 2.68. The molecule has 1 N–H and O–H groups in total. The van der Waals surface area contributed by atoms with Gasteiger partial charge in [-0.05, 0) is 50.2 Å². The van der Waals surface area contributed by atoms with Crippen molar-refractivity contribution in [1.82, 2.24) is 4.57 Å². The summed E-state index contributed by atoms with van der Waals surface area (Å²) in [6, 6.07) is 9.54. The third-order valence-corrected chi connectivity index (χ3v) is 3.28. The maximum Gasteiger partial charge on any atom is 0.338 e. The first kappa shape index (κ1) is 18.3. The van der Waals surface area contributed by atoms with E-state index in [2.05, 4.69) is 5.32 Å². The zero-order valence-corrected chi connectivity index (χ0v) is 14.2. The number of nitrogens with zero attached hydrogens (tertiary/aromatic N) is 1. The van der Waals surface area contributed by atoms with E-state index < -0.39 is 5.97 Å². The number of hydrogen-bond acceptors (Lipinski definition) is 5. The Balaban J connectivity index is 2.02. The molecule has 0 fully saturated rings. The number of carbonyl (C=O) groups excluding carboxylic acids is 2. The summed E-state index contributed by atoms with van der Waals surface area (Å²) >= 11 is 0. The van der Waals surface area contributed by atoms with Gasteiger partial charge in [-0.2, -0.15) is 0 Å². The molecule has 1 amide bonds. The smallest absolute Gasteiger partial charge is 0.338 e. The van der Waals surface area contributed by atoms with Crippen LogP contribution in [0, 0.1) is 0 Å². The second-order valence-electron chi connectivity index (χ2n) is 5.08. The molecule has 1 heterocycles. The SMILES string of the molecule is CCOC(=O)c1ccc(NC(=O)Cn2cccc(OCC)c2=O)cc1. The van der Waals surface area contributed by atoms with Crippen LogP contribution in [0.3, 0.4) is 0 Å². The predicted molar refractivity (Wildman–Crippen MR) is 92.9 cm³/mol. The molecule has 0 atom stereocenters. The average molecular weight is 344 g/mol. The van der Waals surface area contributed by atoms with Gasteiger partial charge >= 0.3 is 5.97 Å². The fraction of sp³-hybridized carbons (Fsp3) is 0.278. The Labute approximate surface area is 145 Å². The summed E-state index contributed by atoms with van der Waals surface area (Å²) in [5.41, 5.74) is 0.560. The minimum absolute atomic E-state index is 0.140. The number of anilines is 1. The van der Waals surface area contributed by atoms with E-state index in [9.17, 15) is 14.4 Å². The molecule has 2 rings (SSSR count). The second-order valence-corrected chi connectivity index (χ2v) is 5.08. The van der Waals surface area contributed by atoms with E-state index in [0.717, 1.165) is 0 Å². The highest BCUT2D eigenvalue weighted by Crippen LogP contribution is 2.11. The third kappa shape index (κ3) is 4.94. The zero-order chi connectivity index (χ0) is 18.2. The summed E-state index contributed by atoms with van der Waals surface area (Å²) < 4.78 is 11.4. The van der Waals surface area contributed by atoms with E-state index in [0.29, 0.717) is 24.5 Å². The molecule has 0 aliphatic carbocycles. The number of pyridine rings is 1. The fourth-order valence-corrected chi connectivity index (χ4v) is 2.16. The summed E-state index contributed by atoms with van der Waals surface area (Å²) in [5.74, 6) is -0.573. The highest BCUT2D eigenvalue weighted by molar-refractivity contribution is 5.93. The van der Waals surface area contributed by atoms with Crippen molar-refractivity contribution in [3.05, 3.63) is 58.5 Å². The normalized spacial score (nSPS) is 10.2. The molecule has 0 aliphatic heterocycles. The van der Waals surface area contributed by atoms with Crippen LogP contribution in [-0.4, -0.2) is 29.7 Å². The molecule has 1 aromatic heterocycles. The lowest BCUT2D eigenvalue weighted by atomic mass is 10.2. The Hall–Kier alpha value is -3.09. The summed E-state index contributed by atoms with van der Waals surface area (Å²) in [6.45, 7) is 4.04. The van der Waals surface area contributed by atoms with Gasteiger partial charge in [0.2, 0.25) is 5.91 Å². The first-order valence-corrected chi connectivity index (χ1v) is 7.94. The number of esters is 1. The van der Waals surface area contributed by atoms with Gasteiger partial charge in [0.05, 0.1) is 18.8 Å². The van der Waals surface area contributed by atoms with Crippen molar-refractivity contribution >= 4 is 17.6 Å². The van der Waals surface area contributed by atoms with E-state index >= 15 is 0 Å². The molecular formula is C18H20N2O5. The standard InChI is InChI=1S/C18H20N2O5/c1-3-24-15-6-5-11-20(17(15)22)12-16(21)19-14-9-7-13(8-10-14)18(23)25-4-2/h5-11H,3-4,12H2,1-2H3,(H,19,21). The van der Waals surface area contributed by atoms with Crippen molar-refractivity contribution in [2.45, 2.75) is 20.4 Å². The minimum Gasteiger partial charge on any atom is -0.488 e. The van der Waals surface area contributed by atoms with Crippen molar-refractivity contribution in [3.8, 4) is 5.75 Å². The Bertz CT molecular complexity index is 796. The largest absolute Gasteiger partial charge is 0.488 e. The minimum atomic E-state index is -0.417. The lowest BCUT2D eigenvalue weighted by molar-refractivity contribution is -0.116. The fourth-order valence-electron chi connectivity index (χ4n) is 2.16. The molecule has 0 unspecified atom stereocenters. The molecule has 25 heavy (non-hydrogen) atoms. The number of amides is 1. The van der Waals surface area contributed by atoms with Gasteiger partial charge in [0.25, 0.3) is 5.56 Å². The number of benzene rings is 1. The first-order valence-electron chi connectivity index (χ1n) is 7.94. The van der Waals surface area contributed by atoms with E-state index in [1.54, 1.807) is 50.2 Å². The van der Waals surface area contributed by atoms with Crippen molar-refractivity contribution < 1.29 is 19.1 Å². The molecule has 7 nitrogen and oxygen atoms in total. The molecule has 0 radical (unpaired) electrons. The Morgan fingerprint density at radius 2 is 1.80 bits per heavy atom. The first-order chi connectivity index (χ1) is 12.0. The van der Waals surface area contributed by atoms with Crippen molar-refractivity contribution in [2.75, 3.05) is 18.5 Å². The average Bonchev–Trinajstić information content (AvgIpc) is 2.59. The van der Waals surface area contributed by atoms with Gasteiger partial charge in [0, 0.05) is 11.9 Å². The topological polar surface area (TPSA) is 86.6 Å². The maximum atomic E-state index is 12.1. The van der Waals surface area contributed by atoms with E-state index in [1.807, 2.05) is 0 Å². The molecule has 0 aliphatic rings. The summed E-state index contributed by atoms with van der Waals surface area (Å²) in [6.07, 6.45) is 1.52. The van der Waals surface area contributed by atoms with Crippen LogP contribution in [0.15, 0.2) is 47.4 Å². The Morgan fingerprint density at radius 1 is 1.08 bits per heavy atom. The van der Waals surface area contributed by atoms with Gasteiger partial charge in [-0.3, -0.25) is 9.59 Å². The van der Waals surface area contributed by atoms with Crippen LogP contribution < -0.4 is 15.6 Å². The predicted octanol–water partition coefficient (Wildman–Crippen LogP) is 2.06. The van der Waals surface area contributed by atoms with Crippen molar-refractivity contribution in [2.24, 2.45) is 0 Å². The van der Waals surface area contributed by atoms with Crippen LogP contribution >= 0.6 is 0 Å². The van der Waals surface area contributed by atoms with E-state index in [1.165, 1.54) is 10.8 Å². The number of aromatic nitrogens is 1. The van der Waals surface area contributed by atoms with Crippen LogP contribution in [0.1, 0.15) is 24.2 Å². The molecule has 1 aromatic carbocycles. The third-order valence-electron chi connectivity index (χ3n) is 3.28. The zero-order valence-electron chi connectivity index (χ0n) is 14.2. The van der Waals surface area contributed by atoms with Crippen LogP contribution in [0.5, 0.6) is 5.75 Å². The van der Waals surface area contributed by atoms with E-state index in [4.69, 9.17) is 9.47 Å². The molecule has 2 aromatic rings. The monoisotopic (exact) mass is 344 g/mol. The summed E-state index contributed by atoms with van der Waals surface area (Å²) in [7, 11) is 0. The van der Waals surface area contributed by atoms with Gasteiger partial charge in [0.15, 0.2) is 5.75 Å². The lowest BCUT2D eigenvalue weighted by Gasteiger charge is -2.09. The Morgan fingerprint density at radius 3 is 2.44 bits per heavy atom. The summed E-state index contributed by atoms with van der Waals surface area (Å²) in [4.78, 5) is 35.8. The number of rotatable bonds is 7. The molecular weight excluding hydrogens is 324 g/mol. The van der Waals surface area contributed by atoms with Crippen molar-refractivity contribution in [1.29, 1.82) is 0 Å².